The lowest BCUT2D eigenvalue weighted by atomic mass is 10.3. The molecule has 6 nitrogen and oxygen atoms in total. The zero-order valence-electron chi connectivity index (χ0n) is 11.6. The summed E-state index contributed by atoms with van der Waals surface area (Å²) in [5, 5.41) is 0. The molecule has 0 aromatic rings. The molecular weight excluding hydrogens is 250 g/mol. The number of imide groups is 1. The Hall–Kier alpha value is -1.24. The van der Waals surface area contributed by atoms with Gasteiger partial charge in [-0.05, 0) is 13.8 Å². The second-order valence-corrected chi connectivity index (χ2v) is 4.44. The van der Waals surface area contributed by atoms with E-state index in [9.17, 15) is 9.59 Å². The third-order valence-corrected chi connectivity index (χ3v) is 2.69. The van der Waals surface area contributed by atoms with E-state index in [-0.39, 0.29) is 24.0 Å². The minimum atomic E-state index is -0.287. The molecule has 0 spiro atoms. The molecule has 0 saturated heterocycles. The Labute approximate surface area is 113 Å². The molecule has 1 rings (SSSR count). The van der Waals surface area contributed by atoms with Crippen molar-refractivity contribution in [3.63, 3.8) is 0 Å². The fourth-order valence-electron chi connectivity index (χ4n) is 1.66. The summed E-state index contributed by atoms with van der Waals surface area (Å²) in [6.07, 6.45) is 2.45. The van der Waals surface area contributed by atoms with Gasteiger partial charge in [0.1, 0.15) is 0 Å². The van der Waals surface area contributed by atoms with Crippen molar-refractivity contribution in [2.24, 2.45) is 0 Å². The number of hydrogen-bond donors (Lipinski definition) is 0. The molecule has 0 N–H and O–H groups in total. The number of hydrogen-bond acceptors (Lipinski definition) is 5. The third-order valence-electron chi connectivity index (χ3n) is 2.69. The molecule has 19 heavy (non-hydrogen) atoms. The standard InChI is InChI=1S/C13H21NO5/c1-10(14-12(15)4-5-13(14)16)8-19-11(2)9-18-7-6-17-3/h4-5,10-11H,6-9H2,1-3H3. The van der Waals surface area contributed by atoms with Crippen LogP contribution in [-0.2, 0) is 23.8 Å². The van der Waals surface area contributed by atoms with E-state index in [1.54, 1.807) is 14.0 Å². The molecule has 1 aliphatic rings. The Morgan fingerprint density at radius 2 is 1.74 bits per heavy atom. The number of methoxy groups -OCH3 is 1. The lowest BCUT2D eigenvalue weighted by Crippen LogP contribution is -2.41. The van der Waals surface area contributed by atoms with Crippen LogP contribution in [0.25, 0.3) is 0 Å². The van der Waals surface area contributed by atoms with Gasteiger partial charge < -0.3 is 14.2 Å². The van der Waals surface area contributed by atoms with E-state index in [0.29, 0.717) is 26.4 Å². The normalized spacial score (nSPS) is 18.2. The van der Waals surface area contributed by atoms with E-state index in [2.05, 4.69) is 0 Å². The van der Waals surface area contributed by atoms with Crippen molar-refractivity contribution in [1.82, 2.24) is 4.90 Å². The molecule has 1 aliphatic heterocycles. The Morgan fingerprint density at radius 1 is 1.11 bits per heavy atom. The minimum Gasteiger partial charge on any atom is -0.382 e. The van der Waals surface area contributed by atoms with Crippen LogP contribution in [0.2, 0.25) is 0 Å². The van der Waals surface area contributed by atoms with Gasteiger partial charge in [-0.25, -0.2) is 0 Å². The van der Waals surface area contributed by atoms with E-state index in [1.807, 2.05) is 6.92 Å². The second-order valence-electron chi connectivity index (χ2n) is 4.44. The maximum atomic E-state index is 11.4. The highest BCUT2D eigenvalue weighted by atomic mass is 16.5. The largest absolute Gasteiger partial charge is 0.382 e. The summed E-state index contributed by atoms with van der Waals surface area (Å²) >= 11 is 0. The monoisotopic (exact) mass is 271 g/mol. The van der Waals surface area contributed by atoms with E-state index >= 15 is 0 Å². The number of ether oxygens (including phenoxy) is 3. The van der Waals surface area contributed by atoms with Gasteiger partial charge in [0.2, 0.25) is 0 Å². The van der Waals surface area contributed by atoms with Crippen LogP contribution in [-0.4, -0.2) is 62.4 Å². The zero-order valence-corrected chi connectivity index (χ0v) is 11.6. The van der Waals surface area contributed by atoms with E-state index < -0.39 is 0 Å². The smallest absolute Gasteiger partial charge is 0.253 e. The van der Waals surface area contributed by atoms with E-state index in [4.69, 9.17) is 14.2 Å². The third kappa shape index (κ3) is 5.10. The second kappa shape index (κ2) is 8.04. The van der Waals surface area contributed by atoms with Gasteiger partial charge in [-0.15, -0.1) is 0 Å². The van der Waals surface area contributed by atoms with Gasteiger partial charge >= 0.3 is 0 Å². The van der Waals surface area contributed by atoms with Crippen molar-refractivity contribution in [1.29, 1.82) is 0 Å². The molecule has 2 unspecified atom stereocenters. The van der Waals surface area contributed by atoms with Crippen molar-refractivity contribution in [3.8, 4) is 0 Å². The van der Waals surface area contributed by atoms with Crippen molar-refractivity contribution < 1.29 is 23.8 Å². The van der Waals surface area contributed by atoms with Gasteiger partial charge in [0, 0.05) is 19.3 Å². The number of rotatable bonds is 9. The average molecular weight is 271 g/mol. The first kappa shape index (κ1) is 15.8. The SMILES string of the molecule is COCCOCC(C)OCC(C)N1C(=O)C=CC1=O. The van der Waals surface area contributed by atoms with Crippen LogP contribution in [0.15, 0.2) is 12.2 Å². The van der Waals surface area contributed by atoms with Crippen molar-refractivity contribution in [2.45, 2.75) is 26.0 Å². The van der Waals surface area contributed by atoms with E-state index in [0.717, 1.165) is 0 Å². The van der Waals surface area contributed by atoms with Gasteiger partial charge in [-0.2, -0.15) is 0 Å². The average Bonchev–Trinajstić information content (AvgIpc) is 2.71. The first-order valence-corrected chi connectivity index (χ1v) is 6.29. The summed E-state index contributed by atoms with van der Waals surface area (Å²) < 4.78 is 15.7. The van der Waals surface area contributed by atoms with Gasteiger partial charge in [0.25, 0.3) is 11.8 Å². The maximum absolute atomic E-state index is 11.4. The van der Waals surface area contributed by atoms with Crippen LogP contribution < -0.4 is 0 Å². The number of amides is 2. The van der Waals surface area contributed by atoms with Crippen LogP contribution >= 0.6 is 0 Å². The summed E-state index contributed by atoms with van der Waals surface area (Å²) in [6.45, 7) is 5.48. The van der Waals surface area contributed by atoms with Crippen LogP contribution in [0.1, 0.15) is 13.8 Å². The number of carbonyl (C=O) groups excluding carboxylic acids is 2. The van der Waals surface area contributed by atoms with Crippen molar-refractivity contribution >= 4 is 11.8 Å². The van der Waals surface area contributed by atoms with Crippen LogP contribution in [0.3, 0.4) is 0 Å². The predicted octanol–water partition coefficient (Wildman–Crippen LogP) is 0.368. The van der Waals surface area contributed by atoms with Gasteiger partial charge in [-0.1, -0.05) is 0 Å². The molecule has 2 amide bonds. The Bertz CT molecular complexity index is 324. The van der Waals surface area contributed by atoms with Gasteiger partial charge in [0.05, 0.1) is 38.6 Å². The van der Waals surface area contributed by atoms with Gasteiger partial charge in [-0.3, -0.25) is 14.5 Å². The van der Waals surface area contributed by atoms with Crippen LogP contribution in [0.5, 0.6) is 0 Å². The number of carbonyl (C=O) groups is 2. The zero-order chi connectivity index (χ0) is 14.3. The summed E-state index contributed by atoms with van der Waals surface area (Å²) in [6, 6.07) is -0.281. The Morgan fingerprint density at radius 3 is 2.32 bits per heavy atom. The molecule has 0 radical (unpaired) electrons. The maximum Gasteiger partial charge on any atom is 0.253 e. The molecule has 0 saturated carbocycles. The highest BCUT2D eigenvalue weighted by Gasteiger charge is 2.28. The topological polar surface area (TPSA) is 65.1 Å². The molecule has 0 aromatic carbocycles. The molecular formula is C13H21NO5. The molecule has 2 atom stereocenters. The quantitative estimate of drug-likeness (QED) is 0.448. The fourth-order valence-corrected chi connectivity index (χ4v) is 1.66. The van der Waals surface area contributed by atoms with Crippen molar-refractivity contribution in [2.75, 3.05) is 33.5 Å². The lowest BCUT2D eigenvalue weighted by molar-refractivity contribution is -0.141. The summed E-state index contributed by atoms with van der Waals surface area (Å²) in [4.78, 5) is 24.1. The molecule has 6 heteroatoms. The highest BCUT2D eigenvalue weighted by molar-refractivity contribution is 6.13. The summed E-state index contributed by atoms with van der Waals surface area (Å²) in [7, 11) is 1.61. The molecule has 108 valence electrons. The highest BCUT2D eigenvalue weighted by Crippen LogP contribution is 2.10. The summed E-state index contributed by atoms with van der Waals surface area (Å²) in [5.41, 5.74) is 0. The lowest BCUT2D eigenvalue weighted by Gasteiger charge is -2.24. The minimum absolute atomic E-state index is 0.0972. The first-order chi connectivity index (χ1) is 9.06. The molecule has 0 aliphatic carbocycles. The van der Waals surface area contributed by atoms with Crippen LogP contribution in [0, 0.1) is 0 Å². The fraction of sp³-hybridized carbons (Fsp3) is 0.692. The molecule has 1 heterocycles. The molecule has 0 aromatic heterocycles. The van der Waals surface area contributed by atoms with Crippen molar-refractivity contribution in [3.05, 3.63) is 12.2 Å². The van der Waals surface area contributed by atoms with E-state index in [1.165, 1.54) is 17.1 Å². The van der Waals surface area contributed by atoms with Crippen LogP contribution in [0.4, 0.5) is 0 Å². The Kier molecular flexibility index (Phi) is 6.69. The summed E-state index contributed by atoms with van der Waals surface area (Å²) in [5.74, 6) is -0.574. The predicted molar refractivity (Wildman–Crippen MR) is 68.6 cm³/mol. The molecule has 0 bridgehead atoms. The first-order valence-electron chi connectivity index (χ1n) is 6.29. The Balaban J connectivity index is 2.21. The molecule has 0 fully saturated rings. The van der Waals surface area contributed by atoms with Gasteiger partial charge in [0.15, 0.2) is 0 Å². The number of nitrogens with zero attached hydrogens (tertiary/aromatic N) is 1.